The van der Waals surface area contributed by atoms with Crippen LogP contribution in [0.15, 0.2) is 18.2 Å². The number of benzene rings is 1. The number of nitrogens with two attached hydrogens (primary N) is 1. The fraction of sp³-hybridized carbons (Fsp3) is 0. The van der Waals surface area contributed by atoms with Crippen molar-refractivity contribution in [1.29, 1.82) is 0 Å². The highest BCUT2D eigenvalue weighted by molar-refractivity contribution is 7.80. The topological polar surface area (TPSA) is 75.3 Å². The fourth-order valence-electron chi connectivity index (χ4n) is 0.909. The van der Waals surface area contributed by atoms with Gasteiger partial charge in [0.05, 0.1) is 10.6 Å². The minimum absolute atomic E-state index is 0.0418. The Kier molecular flexibility index (Phi) is 3.27. The summed E-state index contributed by atoms with van der Waals surface area (Å²) in [7, 11) is 0. The SMILES string of the molecule is NC(=S)Nc1ccc(C(=O)O)c(Cl)c1. The lowest BCUT2D eigenvalue weighted by Gasteiger charge is -2.05. The lowest BCUT2D eigenvalue weighted by molar-refractivity contribution is 0.0697. The normalized spacial score (nSPS) is 9.50. The molecule has 0 heterocycles. The number of halogens is 1. The third-order valence-corrected chi connectivity index (χ3v) is 1.88. The Morgan fingerprint density at radius 2 is 2.21 bits per heavy atom. The van der Waals surface area contributed by atoms with Crippen LogP contribution in [-0.2, 0) is 0 Å². The number of aromatic carboxylic acids is 1. The van der Waals surface area contributed by atoms with Crippen molar-refractivity contribution in [3.05, 3.63) is 28.8 Å². The molecule has 14 heavy (non-hydrogen) atoms. The van der Waals surface area contributed by atoms with Crippen molar-refractivity contribution in [3.63, 3.8) is 0 Å². The van der Waals surface area contributed by atoms with Crippen molar-refractivity contribution in [2.24, 2.45) is 5.73 Å². The number of nitrogens with one attached hydrogen (secondary N) is 1. The predicted octanol–water partition coefficient (Wildman–Crippen LogP) is 1.69. The van der Waals surface area contributed by atoms with Gasteiger partial charge in [-0.05, 0) is 30.4 Å². The fourth-order valence-corrected chi connectivity index (χ4v) is 1.29. The highest BCUT2D eigenvalue weighted by atomic mass is 35.5. The molecule has 0 spiro atoms. The summed E-state index contributed by atoms with van der Waals surface area (Å²) < 4.78 is 0. The van der Waals surface area contributed by atoms with Gasteiger partial charge in [-0.15, -0.1) is 0 Å². The molecular weight excluding hydrogens is 224 g/mol. The van der Waals surface area contributed by atoms with Gasteiger partial charge in [0, 0.05) is 5.69 Å². The average molecular weight is 231 g/mol. The molecule has 6 heteroatoms. The number of thiocarbonyl (C=S) groups is 1. The van der Waals surface area contributed by atoms with Gasteiger partial charge in [0.25, 0.3) is 0 Å². The van der Waals surface area contributed by atoms with E-state index in [0.717, 1.165) is 0 Å². The van der Waals surface area contributed by atoms with E-state index < -0.39 is 5.97 Å². The minimum Gasteiger partial charge on any atom is -0.478 e. The second kappa shape index (κ2) is 4.26. The monoisotopic (exact) mass is 230 g/mol. The molecule has 4 N–H and O–H groups in total. The number of hydrogen-bond acceptors (Lipinski definition) is 2. The van der Waals surface area contributed by atoms with Crippen molar-refractivity contribution >= 4 is 40.6 Å². The molecule has 0 saturated carbocycles. The molecule has 0 fully saturated rings. The maximum Gasteiger partial charge on any atom is 0.337 e. The van der Waals surface area contributed by atoms with Crippen LogP contribution in [0, 0.1) is 0 Å². The molecule has 0 unspecified atom stereocenters. The summed E-state index contributed by atoms with van der Waals surface area (Å²) in [4.78, 5) is 10.6. The molecular formula is C8H7ClN2O2S. The van der Waals surface area contributed by atoms with Gasteiger partial charge < -0.3 is 16.2 Å². The first-order chi connectivity index (χ1) is 6.50. The Hall–Kier alpha value is -1.33. The van der Waals surface area contributed by atoms with Gasteiger partial charge in [0.2, 0.25) is 0 Å². The van der Waals surface area contributed by atoms with Crippen LogP contribution in [0.1, 0.15) is 10.4 Å². The first-order valence-corrected chi connectivity index (χ1v) is 4.38. The zero-order valence-corrected chi connectivity index (χ0v) is 8.52. The van der Waals surface area contributed by atoms with E-state index in [1.54, 1.807) is 0 Å². The van der Waals surface area contributed by atoms with Gasteiger partial charge in [0.15, 0.2) is 5.11 Å². The summed E-state index contributed by atoms with van der Waals surface area (Å²) in [5.41, 5.74) is 5.84. The Balaban J connectivity index is 3.00. The molecule has 0 aliphatic heterocycles. The zero-order chi connectivity index (χ0) is 10.7. The predicted molar refractivity (Wildman–Crippen MR) is 58.8 cm³/mol. The maximum atomic E-state index is 10.6. The molecule has 0 aliphatic carbocycles. The van der Waals surface area contributed by atoms with Crippen molar-refractivity contribution < 1.29 is 9.90 Å². The molecule has 1 aromatic rings. The molecule has 0 aliphatic rings. The molecule has 1 aromatic carbocycles. The largest absolute Gasteiger partial charge is 0.478 e. The maximum absolute atomic E-state index is 10.6. The van der Waals surface area contributed by atoms with Gasteiger partial charge in [-0.1, -0.05) is 11.6 Å². The molecule has 0 aromatic heterocycles. The van der Waals surface area contributed by atoms with E-state index in [9.17, 15) is 4.79 Å². The van der Waals surface area contributed by atoms with Crippen molar-refractivity contribution in [2.75, 3.05) is 5.32 Å². The molecule has 4 nitrogen and oxygen atoms in total. The molecule has 0 saturated heterocycles. The third-order valence-electron chi connectivity index (χ3n) is 1.47. The van der Waals surface area contributed by atoms with Crippen LogP contribution in [-0.4, -0.2) is 16.2 Å². The van der Waals surface area contributed by atoms with E-state index in [2.05, 4.69) is 17.5 Å². The molecule has 0 atom stereocenters. The number of anilines is 1. The third kappa shape index (κ3) is 2.58. The molecule has 0 amide bonds. The molecule has 74 valence electrons. The molecule has 0 radical (unpaired) electrons. The lowest BCUT2D eigenvalue weighted by Crippen LogP contribution is -2.18. The van der Waals surface area contributed by atoms with Crippen molar-refractivity contribution in [2.45, 2.75) is 0 Å². The van der Waals surface area contributed by atoms with Crippen LogP contribution in [0.2, 0.25) is 5.02 Å². The van der Waals surface area contributed by atoms with Gasteiger partial charge in [-0.3, -0.25) is 0 Å². The first-order valence-electron chi connectivity index (χ1n) is 3.60. The van der Waals surface area contributed by atoms with Crippen LogP contribution >= 0.6 is 23.8 Å². The second-order valence-electron chi connectivity index (χ2n) is 2.49. The number of rotatable bonds is 2. The Morgan fingerprint density at radius 1 is 1.57 bits per heavy atom. The minimum atomic E-state index is -1.07. The summed E-state index contributed by atoms with van der Waals surface area (Å²) in [6, 6.07) is 4.37. The summed E-state index contributed by atoms with van der Waals surface area (Å²) in [5, 5.41) is 11.6. The van der Waals surface area contributed by atoms with Crippen LogP contribution < -0.4 is 11.1 Å². The van der Waals surface area contributed by atoms with E-state index in [0.29, 0.717) is 5.69 Å². The van der Waals surface area contributed by atoms with Crippen LogP contribution in [0.25, 0.3) is 0 Å². The Bertz CT molecular complexity index is 395. The van der Waals surface area contributed by atoms with Gasteiger partial charge in [-0.25, -0.2) is 4.79 Å². The number of carboxylic acid groups (broad SMARTS) is 1. The number of carboxylic acids is 1. The van der Waals surface area contributed by atoms with E-state index in [-0.39, 0.29) is 15.7 Å². The smallest absolute Gasteiger partial charge is 0.337 e. The van der Waals surface area contributed by atoms with E-state index in [1.807, 2.05) is 0 Å². The standard InChI is InChI=1S/C8H7ClN2O2S/c9-6-3-4(11-8(10)14)1-2-5(6)7(12)13/h1-3H,(H,12,13)(H3,10,11,14). The van der Waals surface area contributed by atoms with Gasteiger partial charge >= 0.3 is 5.97 Å². The number of carbonyl (C=O) groups is 1. The van der Waals surface area contributed by atoms with E-state index >= 15 is 0 Å². The van der Waals surface area contributed by atoms with Crippen molar-refractivity contribution in [1.82, 2.24) is 0 Å². The molecule has 0 bridgehead atoms. The number of hydrogen-bond donors (Lipinski definition) is 3. The summed E-state index contributed by atoms with van der Waals surface area (Å²) in [6.45, 7) is 0. The molecule has 1 rings (SSSR count). The summed E-state index contributed by atoms with van der Waals surface area (Å²) >= 11 is 10.3. The van der Waals surface area contributed by atoms with Crippen molar-refractivity contribution in [3.8, 4) is 0 Å². The lowest BCUT2D eigenvalue weighted by atomic mass is 10.2. The second-order valence-corrected chi connectivity index (χ2v) is 3.34. The van der Waals surface area contributed by atoms with E-state index in [1.165, 1.54) is 18.2 Å². The summed E-state index contributed by atoms with van der Waals surface area (Å²) in [6.07, 6.45) is 0. The van der Waals surface area contributed by atoms with Gasteiger partial charge in [-0.2, -0.15) is 0 Å². The Morgan fingerprint density at radius 3 is 2.64 bits per heavy atom. The zero-order valence-electron chi connectivity index (χ0n) is 6.95. The van der Waals surface area contributed by atoms with Crippen LogP contribution in [0.4, 0.5) is 5.69 Å². The Labute approximate surface area is 90.7 Å². The van der Waals surface area contributed by atoms with Gasteiger partial charge in [0.1, 0.15) is 0 Å². The van der Waals surface area contributed by atoms with E-state index in [4.69, 9.17) is 22.4 Å². The van der Waals surface area contributed by atoms with Crippen LogP contribution in [0.5, 0.6) is 0 Å². The quantitative estimate of drug-likeness (QED) is 0.675. The first kappa shape index (κ1) is 10.7. The average Bonchev–Trinajstić information content (AvgIpc) is 2.01. The highest BCUT2D eigenvalue weighted by Gasteiger charge is 2.08. The highest BCUT2D eigenvalue weighted by Crippen LogP contribution is 2.20. The summed E-state index contributed by atoms with van der Waals surface area (Å²) in [5.74, 6) is -1.07. The van der Waals surface area contributed by atoms with Crippen LogP contribution in [0.3, 0.4) is 0 Å².